The highest BCUT2D eigenvalue weighted by atomic mass is 32.2. The van der Waals surface area contributed by atoms with Crippen LogP contribution in [0.4, 0.5) is 0 Å². The Balaban J connectivity index is 1.18. The zero-order valence-corrected chi connectivity index (χ0v) is 75.8. The number of nitrogens with zero attached hydrogens (tertiary/aromatic N) is 5. The number of amides is 18. The number of aromatic hydroxyl groups is 1. The molecule has 130 heavy (non-hydrogen) atoms. The van der Waals surface area contributed by atoms with Gasteiger partial charge in [-0.05, 0) is 110 Å². The number of aliphatic hydroxyl groups excluding tert-OH is 2. The number of nitrogens with two attached hydrogens (primary N) is 4. The third-order valence-corrected chi connectivity index (χ3v) is 25.2. The zero-order chi connectivity index (χ0) is 95.5. The normalized spacial score (nSPS) is 25.3. The molecule has 3 aliphatic rings. The number of benzene rings is 3. The number of hydrogen-bond acceptors (Lipinski definition) is 24. The van der Waals surface area contributed by atoms with E-state index in [1.807, 2.05) is 32.0 Å². The van der Waals surface area contributed by atoms with Gasteiger partial charge in [0.1, 0.15) is 90.3 Å². The van der Waals surface area contributed by atoms with Crippen LogP contribution in [-0.4, -0.2) is 307 Å². The molecule has 18 amide bonds. The van der Waals surface area contributed by atoms with Gasteiger partial charge in [0.15, 0.2) is 0 Å². The number of thiophene rings is 1. The number of carbonyl (C=O) groups excluding carboxylic acids is 18. The van der Waals surface area contributed by atoms with Gasteiger partial charge in [0.25, 0.3) is 0 Å². The number of H-pyrrole nitrogens is 1. The summed E-state index contributed by atoms with van der Waals surface area (Å²) >= 11 is 2.10. The quantitative estimate of drug-likeness (QED) is 0.0289. The van der Waals surface area contributed by atoms with Crippen LogP contribution in [0.1, 0.15) is 135 Å². The summed E-state index contributed by atoms with van der Waals surface area (Å²) in [6.07, 6.45) is -1.51. The Morgan fingerprint density at radius 3 is 1.75 bits per heavy atom. The molecule has 3 saturated heterocycles. The summed E-state index contributed by atoms with van der Waals surface area (Å²) in [5, 5.41) is 61.6. The number of likely N-dealkylation sites (N-methyl/N-ethyl adjacent to an activating group) is 3. The van der Waals surface area contributed by atoms with E-state index in [2.05, 4.69) is 58.2 Å². The minimum Gasteiger partial charge on any atom is -0.508 e. The predicted octanol–water partition coefficient (Wildman–Crippen LogP) is -3.20. The number of primary amides is 3. The second kappa shape index (κ2) is 48.9. The van der Waals surface area contributed by atoms with Gasteiger partial charge in [-0.1, -0.05) is 102 Å². The molecule has 3 aromatic carbocycles. The maximum Gasteiger partial charge on any atom is 0.246 e. The smallest absolute Gasteiger partial charge is 0.246 e. The molecule has 0 aliphatic carbocycles. The first-order chi connectivity index (χ1) is 61.8. The average molecular weight is 1850 g/mol. The summed E-state index contributed by atoms with van der Waals surface area (Å²) in [6.45, 7) is 5.58. The van der Waals surface area contributed by atoms with E-state index in [0.29, 0.717) is 58.7 Å². The molecule has 5 aromatic rings. The summed E-state index contributed by atoms with van der Waals surface area (Å²) in [4.78, 5) is 269. The van der Waals surface area contributed by atoms with Crippen molar-refractivity contribution in [3.63, 3.8) is 0 Å². The van der Waals surface area contributed by atoms with Gasteiger partial charge in [0, 0.05) is 87.5 Å². The van der Waals surface area contributed by atoms with E-state index in [4.69, 9.17) is 22.9 Å². The first-order valence-electron chi connectivity index (χ1n) is 43.4. The highest BCUT2D eigenvalue weighted by molar-refractivity contribution is 8.00. The SMILES string of the molecule is CCCC[C@H]1C(=O)N(C)[C@@H](CCCC)C(=O)N[C@@H](CCN)C(=O)NC(C(=O)NCC(N)=O)CSCC(=O)N[C@@H](Cc2ccc(O)cc2)C(=O)N(C)[C@@H](C)C(=O)N[C@@H](CC(N)=O)C(=O)N2CCC[C@H]2C(=O)N[C@@H](CC(N)=O)C(=O)N[C@@H](CC(C)C)C(=O)N2C[C@H](O)C[C@H]2C(=O)N[C@@H](Cc2c[nH]c3ccccc23)C(=O)N[C@@H](CO)C(=O)N[C@@H](Cc2csc3ccccc23)C(=O)N1C. The number of aromatic nitrogens is 1. The van der Waals surface area contributed by atoms with Crippen molar-refractivity contribution in [3.05, 3.63) is 101 Å². The molecule has 708 valence electrons. The van der Waals surface area contributed by atoms with Crippen molar-refractivity contribution in [3.8, 4) is 5.75 Å². The second-order valence-corrected chi connectivity index (χ2v) is 35.3. The van der Waals surface area contributed by atoms with Gasteiger partial charge in [-0.3, -0.25) is 86.3 Å². The Labute approximate surface area is 760 Å². The number of para-hydroxylation sites is 1. The van der Waals surface area contributed by atoms with Gasteiger partial charge in [-0.25, -0.2) is 0 Å². The van der Waals surface area contributed by atoms with Crippen molar-refractivity contribution >= 4 is 150 Å². The van der Waals surface area contributed by atoms with E-state index in [1.165, 1.54) is 63.7 Å². The average Bonchev–Trinajstić information content (AvgIpc) is 1.63. The summed E-state index contributed by atoms with van der Waals surface area (Å²) in [6, 6.07) is -2.63. The number of hydrogen-bond donors (Lipinski definition) is 18. The molecule has 2 aromatic heterocycles. The van der Waals surface area contributed by atoms with Crippen molar-refractivity contribution in [2.24, 2.45) is 28.9 Å². The van der Waals surface area contributed by atoms with Gasteiger partial charge in [-0.2, -0.15) is 0 Å². The second-order valence-electron chi connectivity index (χ2n) is 33.4. The number of fused-ring (bicyclic) bond motifs is 4. The molecule has 43 heteroatoms. The minimum atomic E-state index is -1.89. The largest absolute Gasteiger partial charge is 0.508 e. The molecule has 0 saturated carbocycles. The maximum absolute atomic E-state index is 15.7. The number of aliphatic hydroxyl groups is 2. The van der Waals surface area contributed by atoms with E-state index in [-0.39, 0.29) is 76.6 Å². The fourth-order valence-electron chi connectivity index (χ4n) is 15.9. The number of phenols is 1. The fraction of sp³-hybridized carbons (Fsp3) is 0.540. The van der Waals surface area contributed by atoms with Crippen LogP contribution in [0.5, 0.6) is 5.75 Å². The summed E-state index contributed by atoms with van der Waals surface area (Å²) < 4.78 is 0.810. The minimum absolute atomic E-state index is 0.000137. The van der Waals surface area contributed by atoms with Gasteiger partial charge < -0.3 is 121 Å². The van der Waals surface area contributed by atoms with Crippen molar-refractivity contribution < 1.29 is 102 Å². The fourth-order valence-corrected chi connectivity index (χ4v) is 17.7. The third-order valence-electron chi connectivity index (χ3n) is 23.1. The number of nitrogens with one attached hydrogen (secondary N) is 11. The first kappa shape index (κ1) is 103. The Hall–Kier alpha value is -12.4. The molecule has 3 fully saturated rings. The van der Waals surface area contributed by atoms with Crippen LogP contribution in [0.25, 0.3) is 21.0 Å². The summed E-state index contributed by atoms with van der Waals surface area (Å²) in [5.41, 5.74) is 24.9. The number of thioether (sulfide) groups is 1. The van der Waals surface area contributed by atoms with Gasteiger partial charge in [0.2, 0.25) is 106 Å². The molecule has 41 nitrogen and oxygen atoms in total. The van der Waals surface area contributed by atoms with Crippen molar-refractivity contribution in [2.75, 3.05) is 65.4 Å². The Morgan fingerprint density at radius 2 is 1.09 bits per heavy atom. The number of unbranched alkanes of at least 4 members (excludes halogenated alkanes) is 2. The van der Waals surface area contributed by atoms with Crippen molar-refractivity contribution in [1.29, 1.82) is 0 Å². The van der Waals surface area contributed by atoms with Crippen LogP contribution >= 0.6 is 23.1 Å². The van der Waals surface area contributed by atoms with Crippen LogP contribution < -0.4 is 76.1 Å². The van der Waals surface area contributed by atoms with Gasteiger partial charge in [0.05, 0.1) is 37.9 Å². The van der Waals surface area contributed by atoms with Crippen LogP contribution in [-0.2, 0) is 106 Å². The standard InChI is InChI=1S/C87H122N20O21S2/c1-9-11-21-65-80(121)95-56(29-30-88)76(117)102-64(75(116)93-40-72(91)113)44-129-45-73(114)94-60(33-48-25-27-51(109)28-26-48)83(124)103(6)47(5)74(115)98-62(38-71(90)112)85(126)106-31-17-23-66(106)81(122)97-58(37-70(89)111)78(119)99-59(32-46(3)4)86(127)107-41-52(110)36-68(107)82(123)96-57(34-49-39-92-55-20-15-13-18-53(49)55)77(118)101-63(42-108)79(120)100-61(35-50-43-130-69-24-16-14-19-54(50)69)84(125)105(8)67(22-12-10-2)87(128)104(65)7/h13-16,18-20,24-28,39,43,46-47,52,56-68,92,108-110H,9-12,17,21-23,29-38,40-42,44-45,88H2,1-8H3,(H2,89,111)(H2,90,112)(H2,91,113)(H,93,116)(H,94,114)(H,95,121)(H,96,123)(H,97,122)(H,98,115)(H,99,119)(H,100,120)(H,101,118)(H,102,117)/t47-,52+,56-,57-,58-,59-,60-,61-,62-,63-,64?,65-,66-,67-,68-/m0/s1. The topological polar surface area (TPSA) is 624 Å². The van der Waals surface area contributed by atoms with Crippen molar-refractivity contribution in [2.45, 2.75) is 228 Å². The number of rotatable bonds is 24. The number of aromatic amines is 1. The maximum atomic E-state index is 15.7. The van der Waals surface area contributed by atoms with Gasteiger partial charge in [-0.15, -0.1) is 23.1 Å². The van der Waals surface area contributed by atoms with Crippen LogP contribution in [0.2, 0.25) is 0 Å². The highest BCUT2D eigenvalue weighted by Crippen LogP contribution is 2.30. The molecule has 0 spiro atoms. The first-order valence-corrected chi connectivity index (χ1v) is 45.4. The molecule has 5 heterocycles. The van der Waals surface area contributed by atoms with Crippen molar-refractivity contribution in [1.82, 2.24) is 82.7 Å². The van der Waals surface area contributed by atoms with E-state index in [0.717, 1.165) is 41.0 Å². The third kappa shape index (κ3) is 28.3. The Morgan fingerprint density at radius 1 is 0.546 bits per heavy atom. The number of phenolic OH excluding ortho intramolecular Hbond substituents is 1. The monoisotopic (exact) mass is 1850 g/mol. The summed E-state index contributed by atoms with van der Waals surface area (Å²) in [5.74, 6) is -19.3. The lowest BCUT2D eigenvalue weighted by Gasteiger charge is -2.36. The Bertz CT molecular complexity index is 4920. The molecule has 0 bridgehead atoms. The van der Waals surface area contributed by atoms with E-state index in [1.54, 1.807) is 55.8 Å². The lowest BCUT2D eigenvalue weighted by atomic mass is 10.00. The molecular formula is C87H122N20O21S2. The predicted molar refractivity (Wildman–Crippen MR) is 479 cm³/mol. The van der Waals surface area contributed by atoms with E-state index in [9.17, 15) is 68.1 Å². The Kier molecular flexibility index (Phi) is 38.7. The lowest BCUT2D eigenvalue weighted by molar-refractivity contribution is -0.149. The van der Waals surface area contributed by atoms with Gasteiger partial charge >= 0.3 is 0 Å². The van der Waals surface area contributed by atoms with Crippen LogP contribution in [0.15, 0.2) is 84.4 Å². The van der Waals surface area contributed by atoms with E-state index >= 15 is 33.6 Å². The zero-order valence-electron chi connectivity index (χ0n) is 74.1. The number of carbonyl (C=O) groups is 18. The highest BCUT2D eigenvalue weighted by Gasteiger charge is 2.47. The van der Waals surface area contributed by atoms with Crippen LogP contribution in [0, 0.1) is 5.92 Å². The molecule has 0 radical (unpaired) electrons. The summed E-state index contributed by atoms with van der Waals surface area (Å²) in [7, 11) is 3.89. The molecule has 22 N–H and O–H groups in total. The van der Waals surface area contributed by atoms with E-state index < -0.39 is 253 Å². The van der Waals surface area contributed by atoms with Crippen LogP contribution in [0.3, 0.4) is 0 Å². The molecule has 1 unspecified atom stereocenters. The molecule has 3 aliphatic heterocycles. The lowest BCUT2D eigenvalue weighted by Crippen LogP contribution is -2.62. The molecule has 8 rings (SSSR count). The molecular weight excluding hydrogens is 1730 g/mol. The molecule has 15 atom stereocenters.